The number of nitrogens with two attached hydrogens (primary N) is 1. The summed E-state index contributed by atoms with van der Waals surface area (Å²) < 4.78 is 0. The highest BCUT2D eigenvalue weighted by Crippen LogP contribution is 2.39. The summed E-state index contributed by atoms with van der Waals surface area (Å²) in [6, 6.07) is 2.76. The number of fused-ring (bicyclic) bond motifs is 1. The molecule has 0 radical (unpaired) electrons. The summed E-state index contributed by atoms with van der Waals surface area (Å²) in [5.41, 5.74) is 6.79. The monoisotopic (exact) mass is 290 g/mol. The number of thiophene rings is 1. The highest BCUT2D eigenvalue weighted by molar-refractivity contribution is 7.19. The Morgan fingerprint density at radius 1 is 1.45 bits per heavy atom. The van der Waals surface area contributed by atoms with Gasteiger partial charge in [-0.1, -0.05) is 0 Å². The van der Waals surface area contributed by atoms with E-state index >= 15 is 0 Å². The fraction of sp³-hybridized carbons (Fsp3) is 0.571. The Morgan fingerprint density at radius 2 is 2.25 bits per heavy atom. The van der Waals surface area contributed by atoms with Gasteiger partial charge in [0.15, 0.2) is 5.78 Å². The lowest BCUT2D eigenvalue weighted by atomic mass is 10.1. The zero-order chi connectivity index (χ0) is 14.3. The summed E-state index contributed by atoms with van der Waals surface area (Å²) in [5.74, 6) is -0.0604. The number of nitrogen functional groups attached to an aromatic ring is 1. The maximum atomic E-state index is 11.6. The van der Waals surface area contributed by atoms with Crippen LogP contribution in [0.25, 0.3) is 0 Å². The van der Waals surface area contributed by atoms with Crippen LogP contribution >= 0.6 is 11.3 Å². The second-order valence-electron chi connectivity index (χ2n) is 5.47. The zero-order valence-corrected chi connectivity index (χ0v) is 12.4. The molecule has 0 saturated carbocycles. The van der Waals surface area contributed by atoms with Crippen molar-refractivity contribution in [3.63, 3.8) is 0 Å². The number of anilines is 2. The smallest absolute Gasteiger partial charge is 0.171 e. The number of ketones is 1. The predicted molar refractivity (Wildman–Crippen MR) is 80.3 cm³/mol. The van der Waals surface area contributed by atoms with E-state index in [2.05, 4.69) is 15.9 Å². The molecular formula is C14H18N4OS. The lowest BCUT2D eigenvalue weighted by Gasteiger charge is -2.38. The first-order valence-corrected chi connectivity index (χ1v) is 7.75. The zero-order valence-electron chi connectivity index (χ0n) is 11.6. The summed E-state index contributed by atoms with van der Waals surface area (Å²) >= 11 is 1.37. The summed E-state index contributed by atoms with van der Waals surface area (Å²) in [6.45, 7) is 5.56. The molecule has 20 heavy (non-hydrogen) atoms. The number of piperazine rings is 1. The van der Waals surface area contributed by atoms with E-state index in [1.807, 2.05) is 0 Å². The molecule has 2 aliphatic heterocycles. The van der Waals surface area contributed by atoms with Crippen LogP contribution in [0.3, 0.4) is 0 Å². The molecule has 1 aromatic heterocycles. The highest BCUT2D eigenvalue weighted by Gasteiger charge is 2.33. The van der Waals surface area contributed by atoms with E-state index < -0.39 is 0 Å². The normalized spacial score (nSPS) is 22.6. The van der Waals surface area contributed by atoms with E-state index in [-0.39, 0.29) is 5.78 Å². The second kappa shape index (κ2) is 5.08. The molecular weight excluding hydrogens is 272 g/mol. The number of rotatable bonds is 2. The van der Waals surface area contributed by atoms with E-state index in [4.69, 9.17) is 5.73 Å². The van der Waals surface area contributed by atoms with Gasteiger partial charge in [-0.2, -0.15) is 5.26 Å². The Morgan fingerprint density at radius 3 is 2.95 bits per heavy atom. The van der Waals surface area contributed by atoms with Gasteiger partial charge in [0.1, 0.15) is 16.6 Å². The standard InChI is InChI=1S/C14H18N4OS/c1-9(19)13-12(16)11(7-15)14(20-13)18-6-5-17-4-2-3-10(17)8-18/h10H,2-6,8,16H2,1H3. The quantitative estimate of drug-likeness (QED) is 0.839. The topological polar surface area (TPSA) is 73.4 Å². The maximum absolute atomic E-state index is 11.6. The van der Waals surface area contributed by atoms with Crippen LogP contribution in [-0.2, 0) is 0 Å². The van der Waals surface area contributed by atoms with Crippen LogP contribution in [0.1, 0.15) is 35.0 Å². The van der Waals surface area contributed by atoms with E-state index in [1.54, 1.807) is 0 Å². The van der Waals surface area contributed by atoms with Gasteiger partial charge in [-0.3, -0.25) is 9.69 Å². The number of Topliss-reactive ketones (excluding diaryl/α,β-unsaturated/α-hetero) is 1. The van der Waals surface area contributed by atoms with Crippen LogP contribution in [0, 0.1) is 11.3 Å². The largest absolute Gasteiger partial charge is 0.396 e. The molecule has 1 aromatic rings. The van der Waals surface area contributed by atoms with Gasteiger partial charge >= 0.3 is 0 Å². The first-order valence-electron chi connectivity index (χ1n) is 6.94. The van der Waals surface area contributed by atoms with Crippen molar-refractivity contribution in [2.45, 2.75) is 25.8 Å². The number of hydrogen-bond acceptors (Lipinski definition) is 6. The van der Waals surface area contributed by atoms with Crippen LogP contribution in [0.4, 0.5) is 10.7 Å². The fourth-order valence-corrected chi connectivity index (χ4v) is 4.30. The fourth-order valence-electron chi connectivity index (χ4n) is 3.20. The SMILES string of the molecule is CC(=O)c1sc(N2CCN3CCCC3C2)c(C#N)c1N. The average Bonchev–Trinajstić information content (AvgIpc) is 3.01. The number of hydrogen-bond donors (Lipinski definition) is 1. The molecule has 1 atom stereocenters. The van der Waals surface area contributed by atoms with Crippen LogP contribution in [0.15, 0.2) is 0 Å². The van der Waals surface area contributed by atoms with Gasteiger partial charge in [0, 0.05) is 32.6 Å². The van der Waals surface area contributed by atoms with Crippen molar-refractivity contribution < 1.29 is 4.79 Å². The van der Waals surface area contributed by atoms with Crippen molar-refractivity contribution in [2.75, 3.05) is 36.8 Å². The molecule has 0 aromatic carbocycles. The first kappa shape index (κ1) is 13.4. The average molecular weight is 290 g/mol. The van der Waals surface area contributed by atoms with Crippen molar-refractivity contribution in [1.29, 1.82) is 5.26 Å². The molecule has 2 aliphatic rings. The summed E-state index contributed by atoms with van der Waals surface area (Å²) in [6.07, 6.45) is 2.48. The van der Waals surface area contributed by atoms with Crippen molar-refractivity contribution in [3.8, 4) is 6.07 Å². The molecule has 1 unspecified atom stereocenters. The molecule has 2 saturated heterocycles. The van der Waals surface area contributed by atoms with Crippen LogP contribution in [-0.4, -0.2) is 42.9 Å². The van der Waals surface area contributed by atoms with Gasteiger partial charge in [0.25, 0.3) is 0 Å². The molecule has 2 fully saturated rings. The van der Waals surface area contributed by atoms with Gasteiger partial charge in [-0.25, -0.2) is 0 Å². The Hall–Kier alpha value is -1.58. The summed E-state index contributed by atoms with van der Waals surface area (Å²) in [7, 11) is 0. The number of carbonyl (C=O) groups is 1. The van der Waals surface area contributed by atoms with Gasteiger partial charge in [0.2, 0.25) is 0 Å². The second-order valence-corrected chi connectivity index (χ2v) is 6.47. The van der Waals surface area contributed by atoms with E-state index in [0.717, 1.165) is 24.6 Å². The van der Waals surface area contributed by atoms with Crippen LogP contribution in [0.5, 0.6) is 0 Å². The lowest BCUT2D eigenvalue weighted by molar-refractivity contribution is 0.102. The molecule has 0 aliphatic carbocycles. The van der Waals surface area contributed by atoms with Crippen LogP contribution in [0.2, 0.25) is 0 Å². The van der Waals surface area contributed by atoms with E-state index in [0.29, 0.717) is 22.2 Å². The number of nitriles is 1. The minimum atomic E-state index is -0.0604. The molecule has 0 spiro atoms. The van der Waals surface area contributed by atoms with Crippen LogP contribution < -0.4 is 10.6 Å². The molecule has 5 nitrogen and oxygen atoms in total. The van der Waals surface area contributed by atoms with Gasteiger partial charge in [-0.05, 0) is 19.4 Å². The van der Waals surface area contributed by atoms with Gasteiger partial charge in [-0.15, -0.1) is 11.3 Å². The molecule has 6 heteroatoms. The summed E-state index contributed by atoms with van der Waals surface area (Å²) in [4.78, 5) is 16.9. The Balaban J connectivity index is 1.92. The van der Waals surface area contributed by atoms with Crippen molar-refractivity contribution in [3.05, 3.63) is 10.4 Å². The van der Waals surface area contributed by atoms with Gasteiger partial charge < -0.3 is 10.6 Å². The lowest BCUT2D eigenvalue weighted by Crippen LogP contribution is -2.50. The highest BCUT2D eigenvalue weighted by atomic mass is 32.1. The third-order valence-electron chi connectivity index (χ3n) is 4.23. The molecule has 3 rings (SSSR count). The van der Waals surface area contributed by atoms with Gasteiger partial charge in [0.05, 0.1) is 10.6 Å². The van der Waals surface area contributed by atoms with Crippen molar-refractivity contribution >= 4 is 27.8 Å². The third kappa shape index (κ3) is 2.07. The van der Waals surface area contributed by atoms with Crippen molar-refractivity contribution in [2.24, 2.45) is 0 Å². The Labute approximate surface area is 122 Å². The molecule has 106 valence electrons. The number of nitrogens with zero attached hydrogens (tertiary/aromatic N) is 3. The minimum absolute atomic E-state index is 0.0604. The van der Waals surface area contributed by atoms with Crippen molar-refractivity contribution in [1.82, 2.24) is 4.90 Å². The van der Waals surface area contributed by atoms with E-state index in [9.17, 15) is 10.1 Å². The molecule has 0 amide bonds. The minimum Gasteiger partial charge on any atom is -0.396 e. The molecule has 0 bridgehead atoms. The Bertz CT molecular complexity index is 589. The van der Waals surface area contributed by atoms with E-state index in [1.165, 1.54) is 37.6 Å². The maximum Gasteiger partial charge on any atom is 0.171 e. The summed E-state index contributed by atoms with van der Waals surface area (Å²) in [5, 5.41) is 10.2. The third-order valence-corrected chi connectivity index (χ3v) is 5.60. The Kier molecular flexibility index (Phi) is 3.40. The predicted octanol–water partition coefficient (Wildman–Crippen LogP) is 1.69. The molecule has 2 N–H and O–H groups in total. The first-order chi connectivity index (χ1) is 9.61. The molecule has 3 heterocycles. The number of carbonyl (C=O) groups excluding carboxylic acids is 1.